The summed E-state index contributed by atoms with van der Waals surface area (Å²) in [6.45, 7) is 0.147. The summed E-state index contributed by atoms with van der Waals surface area (Å²) < 4.78 is 48.8. The van der Waals surface area contributed by atoms with Crippen LogP contribution in [0.3, 0.4) is 0 Å². The summed E-state index contributed by atoms with van der Waals surface area (Å²) in [7, 11) is -5.14. The monoisotopic (exact) mass is 586 g/mol. The molecule has 0 bridgehead atoms. The Kier molecular flexibility index (Phi) is 21.5. The number of rotatable bonds is 20. The Hall–Kier alpha value is -0.720. The molecule has 0 amide bonds. The number of esters is 3. The Morgan fingerprint density at radius 2 is 1.36 bits per heavy atom. The van der Waals surface area contributed by atoms with E-state index in [0.29, 0.717) is 6.42 Å². The Morgan fingerprint density at radius 3 is 1.82 bits per heavy atom. The first-order valence-electron chi connectivity index (χ1n) is 14.2. The fourth-order valence-electron chi connectivity index (χ4n) is 4.27. The van der Waals surface area contributed by atoms with Gasteiger partial charge in [0.1, 0.15) is 29.9 Å². The second-order valence-corrected chi connectivity index (χ2v) is 12.0. The van der Waals surface area contributed by atoms with Crippen molar-refractivity contribution in [2.24, 2.45) is 5.41 Å². The maximum absolute atomic E-state index is 12.2. The summed E-state index contributed by atoms with van der Waals surface area (Å²) >= 11 is 0. The van der Waals surface area contributed by atoms with Crippen LogP contribution in [0.2, 0.25) is 0 Å². The predicted octanol–water partition coefficient (Wildman–Crippen LogP) is 1.18. The van der Waals surface area contributed by atoms with Gasteiger partial charge in [0.2, 0.25) is 0 Å². The van der Waals surface area contributed by atoms with Crippen molar-refractivity contribution in [2.45, 2.75) is 121 Å². The van der Waals surface area contributed by atoms with Gasteiger partial charge in [-0.1, -0.05) is 96.8 Å². The number of aliphatic hydroxyl groups is 1. The molecule has 10 nitrogen and oxygen atoms in total. The molecule has 2 atom stereocenters. The molecule has 1 heterocycles. The van der Waals surface area contributed by atoms with Crippen molar-refractivity contribution < 1.29 is 76.2 Å². The summed E-state index contributed by atoms with van der Waals surface area (Å²) in [5, 5.41) is 7.60. The average Bonchev–Trinajstić information content (AvgIpc) is 2.94. The number of carbonyl (C=O) groups is 3. The normalized spacial score (nSPS) is 20.1. The number of unbranched alkanes of at least 4 members (excludes halogenated alkanes) is 14. The maximum atomic E-state index is 12.2. The largest absolute Gasteiger partial charge is 1.00 e. The molecule has 0 aromatic heterocycles. The SMILES string of the molecule is CCCCCCCCCCCCCCCCCC(=O)OCC1(CO)COC(=O)CC(S(=O)(=O)[O-])C(=O)OC1.[Na+]. The zero-order valence-corrected chi connectivity index (χ0v) is 26.8. The smallest absolute Gasteiger partial charge is 0.747 e. The summed E-state index contributed by atoms with van der Waals surface area (Å²) in [6, 6.07) is 0. The van der Waals surface area contributed by atoms with Crippen LogP contribution in [0.25, 0.3) is 0 Å². The van der Waals surface area contributed by atoms with Crippen molar-refractivity contribution in [3.05, 3.63) is 0 Å². The van der Waals surface area contributed by atoms with E-state index >= 15 is 0 Å². The summed E-state index contributed by atoms with van der Waals surface area (Å²) in [5.74, 6) is -3.00. The summed E-state index contributed by atoms with van der Waals surface area (Å²) in [4.78, 5) is 36.1. The minimum atomic E-state index is -5.14. The van der Waals surface area contributed by atoms with Crippen LogP contribution in [0, 0.1) is 5.41 Å². The molecule has 1 fully saturated rings. The Bertz CT molecular complexity index is 804. The van der Waals surface area contributed by atoms with E-state index in [2.05, 4.69) is 6.92 Å². The first kappa shape index (κ1) is 38.3. The molecule has 222 valence electrons. The van der Waals surface area contributed by atoms with Gasteiger partial charge in [-0.2, -0.15) is 0 Å². The second kappa shape index (κ2) is 22.0. The van der Waals surface area contributed by atoms with Crippen LogP contribution in [0.5, 0.6) is 0 Å². The third-order valence-corrected chi connectivity index (χ3v) is 7.94. The molecule has 0 radical (unpaired) electrons. The summed E-state index contributed by atoms with van der Waals surface area (Å²) in [6.07, 6.45) is 17.4. The number of hydrogen-bond donors (Lipinski definition) is 1. The quantitative estimate of drug-likeness (QED) is 0.0722. The van der Waals surface area contributed by atoms with Gasteiger partial charge in [-0.15, -0.1) is 0 Å². The second-order valence-electron chi connectivity index (χ2n) is 10.5. The number of aliphatic hydroxyl groups excluding tert-OH is 1. The maximum Gasteiger partial charge on any atom is 1.00 e. The van der Waals surface area contributed by atoms with Crippen LogP contribution in [0.1, 0.15) is 116 Å². The molecular formula is C27H47NaO10S. The van der Waals surface area contributed by atoms with E-state index in [1.54, 1.807) is 0 Å². The topological polar surface area (TPSA) is 156 Å². The van der Waals surface area contributed by atoms with Gasteiger partial charge in [0.25, 0.3) is 0 Å². The zero-order valence-electron chi connectivity index (χ0n) is 24.0. The molecule has 39 heavy (non-hydrogen) atoms. The zero-order chi connectivity index (χ0) is 28.3. The van der Waals surface area contributed by atoms with Gasteiger partial charge < -0.3 is 23.9 Å². The van der Waals surface area contributed by atoms with Gasteiger partial charge >= 0.3 is 47.5 Å². The number of hydrogen-bond acceptors (Lipinski definition) is 10. The molecule has 1 rings (SSSR count). The van der Waals surface area contributed by atoms with Crippen LogP contribution in [-0.4, -0.2) is 67.7 Å². The molecule has 12 heteroatoms. The van der Waals surface area contributed by atoms with Gasteiger partial charge in [0, 0.05) is 6.42 Å². The molecule has 0 aromatic rings. The van der Waals surface area contributed by atoms with E-state index in [4.69, 9.17) is 14.2 Å². The van der Waals surface area contributed by atoms with Gasteiger partial charge in [-0.25, -0.2) is 8.42 Å². The molecular weight excluding hydrogens is 539 g/mol. The number of carbonyl (C=O) groups excluding carboxylic acids is 3. The van der Waals surface area contributed by atoms with Crippen LogP contribution < -0.4 is 29.6 Å². The molecule has 1 aliphatic heterocycles. The molecule has 0 saturated carbocycles. The molecule has 0 aromatic carbocycles. The Labute approximate surface area is 256 Å². The molecule has 1 saturated heterocycles. The minimum Gasteiger partial charge on any atom is -0.747 e. The van der Waals surface area contributed by atoms with Crippen molar-refractivity contribution >= 4 is 28.0 Å². The standard InChI is InChI=1S/C27H48O10S.Na/c1-2-3-4-5-6-7-8-9-10-11-12-13-14-15-16-17-24(29)35-20-27(19-28)21-36-25(30)18-23(38(32,33)34)26(31)37-22-27;/h23,28H,2-22H2,1H3,(H,32,33,34);/q;+1/p-1. The molecule has 1 N–H and O–H groups in total. The van der Waals surface area contributed by atoms with E-state index in [1.165, 1.54) is 70.6 Å². The van der Waals surface area contributed by atoms with Crippen LogP contribution in [0.15, 0.2) is 0 Å². The van der Waals surface area contributed by atoms with E-state index in [9.17, 15) is 32.5 Å². The molecule has 0 aliphatic carbocycles. The Balaban J connectivity index is 0.0000144. The third-order valence-electron chi connectivity index (χ3n) is 6.88. The van der Waals surface area contributed by atoms with E-state index < -0.39 is 71.5 Å². The van der Waals surface area contributed by atoms with Crippen molar-refractivity contribution in [3.63, 3.8) is 0 Å². The fraction of sp³-hybridized carbons (Fsp3) is 0.889. The fourth-order valence-corrected chi connectivity index (χ4v) is 4.92. The number of ether oxygens (including phenoxy) is 3. The van der Waals surface area contributed by atoms with Crippen molar-refractivity contribution in [1.82, 2.24) is 0 Å². The number of cyclic esters (lactones) is 2. The first-order chi connectivity index (χ1) is 18.1. The van der Waals surface area contributed by atoms with E-state index in [1.807, 2.05) is 0 Å². The van der Waals surface area contributed by atoms with E-state index in [-0.39, 0.29) is 36.0 Å². The van der Waals surface area contributed by atoms with E-state index in [0.717, 1.165) is 19.3 Å². The minimum absolute atomic E-state index is 0. The van der Waals surface area contributed by atoms with Gasteiger partial charge in [-0.3, -0.25) is 14.4 Å². The Morgan fingerprint density at radius 1 is 0.897 bits per heavy atom. The van der Waals surface area contributed by atoms with Crippen molar-refractivity contribution in [1.29, 1.82) is 0 Å². The third kappa shape index (κ3) is 17.6. The van der Waals surface area contributed by atoms with Gasteiger partial charge in [-0.05, 0) is 6.42 Å². The summed E-state index contributed by atoms with van der Waals surface area (Å²) in [5.41, 5.74) is -1.45. The molecule has 1 aliphatic rings. The molecule has 2 unspecified atom stereocenters. The van der Waals surface area contributed by atoms with Gasteiger partial charge in [0.05, 0.1) is 18.4 Å². The predicted molar refractivity (Wildman–Crippen MR) is 140 cm³/mol. The first-order valence-corrected chi connectivity index (χ1v) is 15.6. The van der Waals surface area contributed by atoms with Crippen LogP contribution in [0.4, 0.5) is 0 Å². The van der Waals surface area contributed by atoms with Crippen molar-refractivity contribution in [2.75, 3.05) is 26.4 Å². The molecule has 0 spiro atoms. The van der Waals surface area contributed by atoms with Crippen LogP contribution >= 0.6 is 0 Å². The van der Waals surface area contributed by atoms with Crippen molar-refractivity contribution in [3.8, 4) is 0 Å². The van der Waals surface area contributed by atoms with Gasteiger partial charge in [0.15, 0.2) is 5.25 Å². The van der Waals surface area contributed by atoms with Crippen LogP contribution in [-0.2, 0) is 38.7 Å². The average molecular weight is 587 g/mol.